The van der Waals surface area contributed by atoms with Crippen LogP contribution in [0.5, 0.6) is 0 Å². The fraction of sp³-hybridized carbons (Fsp3) is 0.385. The number of nitrogens with zero attached hydrogens (tertiary/aromatic N) is 1. The van der Waals surface area contributed by atoms with Gasteiger partial charge in [-0.15, -0.1) is 0 Å². The first-order valence-electron chi connectivity index (χ1n) is 5.33. The Balaban J connectivity index is 0.000000461. The van der Waals surface area contributed by atoms with E-state index < -0.39 is 0 Å². The molecule has 0 amide bonds. The van der Waals surface area contributed by atoms with E-state index in [0.29, 0.717) is 6.04 Å². The molecule has 2 rings (SSSR count). The van der Waals surface area contributed by atoms with Gasteiger partial charge in [0.1, 0.15) is 0 Å². The summed E-state index contributed by atoms with van der Waals surface area (Å²) >= 11 is 0. The van der Waals surface area contributed by atoms with Crippen LogP contribution in [0.1, 0.15) is 33.7 Å². The number of hydrogen-bond donors (Lipinski definition) is 0. The Morgan fingerprint density at radius 1 is 0.929 bits per heavy atom. The first-order chi connectivity index (χ1) is 6.77. The Morgan fingerprint density at radius 3 is 1.71 bits per heavy atom. The molecule has 1 aromatic heterocycles. The molecule has 0 radical (unpaired) electrons. The summed E-state index contributed by atoms with van der Waals surface area (Å²) in [6.45, 7) is 8.39. The molecular formula is C13H19N. The van der Waals surface area contributed by atoms with Crippen LogP contribution in [0.25, 0.3) is 10.8 Å². The van der Waals surface area contributed by atoms with Crippen LogP contribution in [0.2, 0.25) is 0 Å². The molecule has 0 saturated heterocycles. The molecule has 0 spiro atoms. The van der Waals surface area contributed by atoms with Gasteiger partial charge in [0, 0.05) is 18.4 Å². The summed E-state index contributed by atoms with van der Waals surface area (Å²) in [5.41, 5.74) is 0. The van der Waals surface area contributed by atoms with Crippen molar-refractivity contribution in [2.24, 2.45) is 0 Å². The minimum Gasteiger partial charge on any atom is -0.351 e. The third kappa shape index (κ3) is 2.16. The Hall–Kier alpha value is -1.24. The van der Waals surface area contributed by atoms with Crippen molar-refractivity contribution in [2.45, 2.75) is 33.7 Å². The molecule has 0 aliphatic rings. The van der Waals surface area contributed by atoms with Gasteiger partial charge in [0.15, 0.2) is 0 Å². The molecule has 14 heavy (non-hydrogen) atoms. The largest absolute Gasteiger partial charge is 0.351 e. The monoisotopic (exact) mass is 189 g/mol. The third-order valence-electron chi connectivity index (χ3n) is 2.17. The zero-order chi connectivity index (χ0) is 10.6. The lowest BCUT2D eigenvalue weighted by molar-refractivity contribution is 0.606. The average Bonchev–Trinajstić information content (AvgIpc) is 2.64. The van der Waals surface area contributed by atoms with E-state index in [1.807, 2.05) is 13.8 Å². The molecule has 1 heteroatoms. The number of fused-ring (bicyclic) bond motifs is 1. The maximum Gasteiger partial charge on any atom is 0.0274 e. The zero-order valence-electron chi connectivity index (χ0n) is 9.49. The van der Waals surface area contributed by atoms with E-state index in [1.54, 1.807) is 0 Å². The van der Waals surface area contributed by atoms with Gasteiger partial charge in [0.05, 0.1) is 0 Å². The Bertz CT molecular complexity index is 352. The number of aromatic nitrogens is 1. The first kappa shape index (κ1) is 10.8. The summed E-state index contributed by atoms with van der Waals surface area (Å²) in [6.07, 6.45) is 4.39. The van der Waals surface area contributed by atoms with Crippen LogP contribution >= 0.6 is 0 Å². The second kappa shape index (κ2) is 4.85. The second-order valence-corrected chi connectivity index (χ2v) is 3.43. The summed E-state index contributed by atoms with van der Waals surface area (Å²) in [5, 5.41) is 2.65. The topological polar surface area (TPSA) is 4.93 Å². The molecule has 2 aromatic rings. The molecule has 0 N–H and O–H groups in total. The summed E-state index contributed by atoms with van der Waals surface area (Å²) in [7, 11) is 0. The molecule has 1 nitrogen and oxygen atoms in total. The van der Waals surface area contributed by atoms with Crippen LogP contribution in [0.15, 0.2) is 36.7 Å². The quantitative estimate of drug-likeness (QED) is 0.632. The molecule has 0 aliphatic heterocycles. The Labute approximate surface area is 86.4 Å². The number of rotatable bonds is 1. The van der Waals surface area contributed by atoms with Crippen molar-refractivity contribution in [3.63, 3.8) is 0 Å². The molecule has 0 bridgehead atoms. The average molecular weight is 189 g/mol. The van der Waals surface area contributed by atoms with Crippen molar-refractivity contribution in [2.75, 3.05) is 0 Å². The standard InChI is InChI=1S/C11H13N.C2H6/c1-9(2)12-7-10-5-3-4-6-11(10)8-12;1-2/h3-9H,1-2H3;1-2H3. The van der Waals surface area contributed by atoms with Gasteiger partial charge in [-0.1, -0.05) is 38.1 Å². The van der Waals surface area contributed by atoms with Gasteiger partial charge < -0.3 is 4.57 Å². The summed E-state index contributed by atoms with van der Waals surface area (Å²) in [4.78, 5) is 0. The number of benzene rings is 1. The van der Waals surface area contributed by atoms with Crippen molar-refractivity contribution in [1.82, 2.24) is 4.57 Å². The highest BCUT2D eigenvalue weighted by atomic mass is 15.0. The van der Waals surface area contributed by atoms with Crippen LogP contribution < -0.4 is 0 Å². The fourth-order valence-electron chi connectivity index (χ4n) is 1.40. The molecule has 0 saturated carbocycles. The van der Waals surface area contributed by atoms with Crippen LogP contribution in [0.4, 0.5) is 0 Å². The van der Waals surface area contributed by atoms with Gasteiger partial charge in [-0.2, -0.15) is 0 Å². The van der Waals surface area contributed by atoms with Gasteiger partial charge in [-0.05, 0) is 24.6 Å². The van der Waals surface area contributed by atoms with Crippen molar-refractivity contribution < 1.29 is 0 Å². The van der Waals surface area contributed by atoms with Gasteiger partial charge >= 0.3 is 0 Å². The molecular weight excluding hydrogens is 170 g/mol. The molecule has 1 aromatic carbocycles. The van der Waals surface area contributed by atoms with Crippen LogP contribution in [0.3, 0.4) is 0 Å². The van der Waals surface area contributed by atoms with Crippen molar-refractivity contribution in [1.29, 1.82) is 0 Å². The third-order valence-corrected chi connectivity index (χ3v) is 2.17. The normalized spacial score (nSPS) is 10.1. The highest BCUT2D eigenvalue weighted by molar-refractivity contribution is 5.82. The van der Waals surface area contributed by atoms with E-state index in [4.69, 9.17) is 0 Å². The predicted octanol–water partition coefficient (Wildman–Crippen LogP) is 4.25. The van der Waals surface area contributed by atoms with E-state index >= 15 is 0 Å². The minimum absolute atomic E-state index is 0.553. The summed E-state index contributed by atoms with van der Waals surface area (Å²) < 4.78 is 2.24. The van der Waals surface area contributed by atoms with Crippen LogP contribution in [0, 0.1) is 0 Å². The van der Waals surface area contributed by atoms with E-state index in [0.717, 1.165) is 0 Å². The summed E-state index contributed by atoms with van der Waals surface area (Å²) in [6, 6.07) is 9.00. The van der Waals surface area contributed by atoms with Gasteiger partial charge in [-0.3, -0.25) is 0 Å². The highest BCUT2D eigenvalue weighted by Crippen LogP contribution is 2.17. The fourth-order valence-corrected chi connectivity index (χ4v) is 1.40. The maximum atomic E-state index is 2.24. The maximum absolute atomic E-state index is 2.24. The van der Waals surface area contributed by atoms with E-state index in [9.17, 15) is 0 Å². The van der Waals surface area contributed by atoms with Crippen molar-refractivity contribution in [3.8, 4) is 0 Å². The smallest absolute Gasteiger partial charge is 0.0274 e. The first-order valence-corrected chi connectivity index (χ1v) is 5.33. The predicted molar refractivity (Wildman–Crippen MR) is 63.7 cm³/mol. The molecule has 0 fully saturated rings. The van der Waals surface area contributed by atoms with Crippen molar-refractivity contribution in [3.05, 3.63) is 36.7 Å². The Morgan fingerprint density at radius 2 is 1.36 bits per heavy atom. The summed E-state index contributed by atoms with van der Waals surface area (Å²) in [5.74, 6) is 0. The highest BCUT2D eigenvalue weighted by Gasteiger charge is 1.99. The Kier molecular flexibility index (Phi) is 3.75. The SMILES string of the molecule is CC.CC(C)n1cc2ccccc2c1. The second-order valence-electron chi connectivity index (χ2n) is 3.43. The molecule has 0 atom stereocenters. The van der Waals surface area contributed by atoms with E-state index in [2.05, 4.69) is 55.1 Å². The lowest BCUT2D eigenvalue weighted by atomic mass is 10.2. The zero-order valence-corrected chi connectivity index (χ0v) is 9.49. The van der Waals surface area contributed by atoms with E-state index in [-0.39, 0.29) is 0 Å². The molecule has 76 valence electrons. The van der Waals surface area contributed by atoms with E-state index in [1.165, 1.54) is 10.8 Å². The minimum atomic E-state index is 0.553. The van der Waals surface area contributed by atoms with Gasteiger partial charge in [0.25, 0.3) is 0 Å². The van der Waals surface area contributed by atoms with Crippen LogP contribution in [-0.2, 0) is 0 Å². The van der Waals surface area contributed by atoms with Crippen LogP contribution in [-0.4, -0.2) is 4.57 Å². The molecule has 0 aliphatic carbocycles. The molecule has 1 heterocycles. The lowest BCUT2D eigenvalue weighted by Crippen LogP contribution is -1.94. The van der Waals surface area contributed by atoms with Gasteiger partial charge in [0.2, 0.25) is 0 Å². The van der Waals surface area contributed by atoms with Crippen molar-refractivity contribution >= 4 is 10.8 Å². The lowest BCUT2D eigenvalue weighted by Gasteiger charge is -2.04. The molecule has 0 unspecified atom stereocenters. The van der Waals surface area contributed by atoms with Gasteiger partial charge in [-0.25, -0.2) is 0 Å². The number of hydrogen-bond acceptors (Lipinski definition) is 0.